The van der Waals surface area contributed by atoms with Gasteiger partial charge in [0.15, 0.2) is 0 Å². The second kappa shape index (κ2) is 5.91. The molecule has 0 saturated heterocycles. The topological polar surface area (TPSA) is 49.4 Å². The van der Waals surface area contributed by atoms with Crippen molar-refractivity contribution in [2.24, 2.45) is 0 Å². The quantitative estimate of drug-likeness (QED) is 0.364. The van der Waals surface area contributed by atoms with Gasteiger partial charge < -0.3 is 4.55 Å². The lowest BCUT2D eigenvalue weighted by atomic mass is 10.8. The van der Waals surface area contributed by atoms with E-state index in [-0.39, 0.29) is 17.3 Å². The Kier molecular flexibility index (Phi) is 5.98. The standard InChI is InChI=1S/C12H24O3S4/c1-7-10-17(13)19(16,15-4,12-9-3)18(5,6,14)11-8-2/h7-9H,1-3,10-12H2,4-6H3. The average Bonchev–Trinajstić information content (AvgIpc) is 2.28. The summed E-state index contributed by atoms with van der Waals surface area (Å²) in [5, 5.41) is 0. The minimum absolute atomic E-state index is 0.149. The van der Waals surface area contributed by atoms with Gasteiger partial charge in [-0.25, -0.2) is 0 Å². The first-order valence-electron chi connectivity index (χ1n) is 5.54. The zero-order chi connectivity index (χ0) is 15.4. The first-order valence-corrected chi connectivity index (χ1v) is 13.9. The van der Waals surface area contributed by atoms with Crippen molar-refractivity contribution in [1.29, 1.82) is 0 Å². The highest BCUT2D eigenvalue weighted by atomic mass is 33.8. The first kappa shape index (κ1) is 19.2. The van der Waals surface area contributed by atoms with Gasteiger partial charge in [-0.1, -0.05) is 18.7 Å². The number of hydrogen-bond donors (Lipinski definition) is 0. The smallest absolute Gasteiger partial charge is 0.137 e. The van der Waals surface area contributed by atoms with Crippen molar-refractivity contribution in [1.82, 2.24) is 0 Å². The molecule has 0 aliphatic heterocycles. The predicted octanol–water partition coefficient (Wildman–Crippen LogP) is 1.92. The molecule has 0 N–H and O–H groups in total. The van der Waals surface area contributed by atoms with Gasteiger partial charge in [0.2, 0.25) is 0 Å². The van der Waals surface area contributed by atoms with Crippen molar-refractivity contribution in [2.75, 3.05) is 36.9 Å². The van der Waals surface area contributed by atoms with E-state index in [9.17, 15) is 8.76 Å². The van der Waals surface area contributed by atoms with Gasteiger partial charge in [-0.05, 0) is 14.2 Å². The van der Waals surface area contributed by atoms with E-state index >= 15 is 0 Å². The second-order valence-electron chi connectivity index (χ2n) is 4.67. The van der Waals surface area contributed by atoms with E-state index in [0.29, 0.717) is 0 Å². The molecule has 0 rings (SSSR count). The molecule has 0 fully saturated rings. The summed E-state index contributed by atoms with van der Waals surface area (Å²) in [7, 11) is -3.72. The van der Waals surface area contributed by atoms with E-state index in [1.54, 1.807) is 24.7 Å². The molecular weight excluding hydrogens is 320 g/mol. The molecule has 1 atom stereocenters. The van der Waals surface area contributed by atoms with Crippen molar-refractivity contribution >= 4 is 35.6 Å². The molecule has 0 saturated carbocycles. The fourth-order valence-corrected chi connectivity index (χ4v) is 19.4. The van der Waals surface area contributed by atoms with Crippen LogP contribution in [0.3, 0.4) is 0 Å². The van der Waals surface area contributed by atoms with Gasteiger partial charge in [-0.2, -0.15) is 0 Å². The van der Waals surface area contributed by atoms with Crippen LogP contribution in [-0.4, -0.2) is 45.6 Å². The fourth-order valence-electron chi connectivity index (χ4n) is 1.76. The van der Waals surface area contributed by atoms with Crippen LogP contribution in [0.25, 0.3) is 0 Å². The predicted molar refractivity (Wildman–Crippen MR) is 95.1 cm³/mol. The van der Waals surface area contributed by atoms with Crippen molar-refractivity contribution in [3.8, 4) is 0 Å². The van der Waals surface area contributed by atoms with Crippen LogP contribution >= 0.6 is 0 Å². The minimum atomic E-state index is -3.61. The Hall–Kier alpha value is 0.210. The monoisotopic (exact) mass is 344 g/mol. The maximum atomic E-state index is 13.5. The van der Waals surface area contributed by atoms with Crippen LogP contribution in [0.2, 0.25) is 0 Å². The molecule has 7 heteroatoms. The molecule has 114 valence electrons. The molecule has 0 bridgehead atoms. The normalized spacial score (nSPS) is 18.3. The maximum absolute atomic E-state index is 13.5. The summed E-state index contributed by atoms with van der Waals surface area (Å²) in [5.74, 6) is 0.475. The average molecular weight is 345 g/mol. The summed E-state index contributed by atoms with van der Waals surface area (Å²) >= 11 is 5.72. The van der Waals surface area contributed by atoms with Gasteiger partial charge in [0, 0.05) is 39.7 Å². The molecule has 0 aromatic carbocycles. The maximum Gasteiger partial charge on any atom is 0.137 e. The highest BCUT2D eigenvalue weighted by Gasteiger charge is 2.59. The van der Waals surface area contributed by atoms with E-state index in [1.807, 2.05) is 0 Å². The first-order chi connectivity index (χ1) is 8.51. The Morgan fingerprint density at radius 2 is 1.68 bits per heavy atom. The lowest BCUT2D eigenvalue weighted by Gasteiger charge is -2.58. The van der Waals surface area contributed by atoms with Gasteiger partial charge in [-0.15, -0.1) is 13.2 Å². The largest absolute Gasteiger partial charge is 0.604 e. The van der Waals surface area contributed by atoms with Gasteiger partial charge >= 0.3 is 0 Å². The summed E-state index contributed by atoms with van der Waals surface area (Å²) in [6.45, 7) is 10.9. The highest BCUT2D eigenvalue weighted by Crippen LogP contribution is 2.53. The molecule has 0 spiro atoms. The Morgan fingerprint density at radius 1 is 1.21 bits per heavy atom. The highest BCUT2D eigenvalue weighted by molar-refractivity contribution is 9.26. The van der Waals surface area contributed by atoms with Crippen LogP contribution in [0.5, 0.6) is 0 Å². The van der Waals surface area contributed by atoms with E-state index in [2.05, 4.69) is 19.7 Å². The number of hydrogen-bond acceptors (Lipinski definition) is 4. The molecule has 0 aliphatic carbocycles. The van der Waals surface area contributed by atoms with Gasteiger partial charge in [0.1, 0.15) is 5.75 Å². The van der Waals surface area contributed by atoms with Crippen LogP contribution in [-0.2, 0) is 39.7 Å². The fraction of sp³-hybridized carbons (Fsp3) is 0.500. The zero-order valence-corrected chi connectivity index (χ0v) is 15.1. The molecule has 0 aromatic heterocycles. The Balaban J connectivity index is 6.44. The molecule has 1 unspecified atom stereocenters. The van der Waals surface area contributed by atoms with E-state index in [4.69, 9.17) is 15.4 Å². The Morgan fingerprint density at radius 3 is 2.00 bits per heavy atom. The molecule has 3 nitrogen and oxygen atoms in total. The summed E-state index contributed by atoms with van der Waals surface area (Å²) in [6.07, 6.45) is 7.74. The van der Waals surface area contributed by atoms with Gasteiger partial charge in [-0.3, -0.25) is 8.39 Å². The Bertz CT molecular complexity index is 503. The molecule has 0 aromatic rings. The number of rotatable bonds is 9. The van der Waals surface area contributed by atoms with Crippen molar-refractivity contribution < 1.29 is 12.9 Å². The van der Waals surface area contributed by atoms with E-state index in [1.165, 1.54) is 13.2 Å². The van der Waals surface area contributed by atoms with Gasteiger partial charge in [0.25, 0.3) is 0 Å². The lowest BCUT2D eigenvalue weighted by Crippen LogP contribution is -2.63. The third-order valence-corrected chi connectivity index (χ3v) is 30.5. The molecule has 0 amide bonds. The molecule has 0 radical (unpaired) electrons. The third kappa shape index (κ3) is 2.82. The van der Waals surface area contributed by atoms with Crippen LogP contribution in [0.15, 0.2) is 38.0 Å². The van der Waals surface area contributed by atoms with Crippen LogP contribution in [0, 0.1) is 0 Å². The van der Waals surface area contributed by atoms with E-state index < -0.39 is 24.4 Å². The molecule has 0 aliphatic rings. The zero-order valence-electron chi connectivity index (χ0n) is 11.8. The van der Waals surface area contributed by atoms with Crippen LogP contribution in [0.1, 0.15) is 0 Å². The van der Waals surface area contributed by atoms with Gasteiger partial charge in [0.05, 0.1) is 18.9 Å². The van der Waals surface area contributed by atoms with Crippen molar-refractivity contribution in [3.63, 3.8) is 0 Å². The van der Waals surface area contributed by atoms with Crippen molar-refractivity contribution in [2.45, 2.75) is 0 Å². The van der Waals surface area contributed by atoms with E-state index in [0.717, 1.165) is 0 Å². The van der Waals surface area contributed by atoms with Crippen molar-refractivity contribution in [3.05, 3.63) is 38.0 Å². The summed E-state index contributed by atoms with van der Waals surface area (Å²) in [6, 6.07) is -3.61. The summed E-state index contributed by atoms with van der Waals surface area (Å²) < 4.78 is 31.9. The molecule has 19 heavy (non-hydrogen) atoms. The molecule has 0 heterocycles. The third-order valence-electron chi connectivity index (χ3n) is 2.92. The SMILES string of the molecule is C=CC[S+]([O-])S(=S)(CC=C)(OC)S(C)(C)(=O)CC=C. The summed E-state index contributed by atoms with van der Waals surface area (Å²) in [5.41, 5.74) is 0. The lowest BCUT2D eigenvalue weighted by molar-refractivity contribution is 0.472. The minimum Gasteiger partial charge on any atom is -0.604 e. The van der Waals surface area contributed by atoms with Crippen LogP contribution in [0.4, 0.5) is 0 Å². The summed E-state index contributed by atoms with van der Waals surface area (Å²) in [4.78, 5) is 0. The Labute approximate surface area is 123 Å². The molecular formula is C12H24O3S4. The van der Waals surface area contributed by atoms with Crippen LogP contribution < -0.4 is 0 Å². The second-order valence-corrected chi connectivity index (χ2v) is 24.8.